The monoisotopic (exact) mass is 418 g/mol. The zero-order valence-corrected chi connectivity index (χ0v) is 17.8. The number of anilines is 1. The van der Waals surface area contributed by atoms with Gasteiger partial charge in [0.15, 0.2) is 17.9 Å². The van der Waals surface area contributed by atoms with Crippen molar-refractivity contribution < 1.29 is 18.9 Å². The van der Waals surface area contributed by atoms with E-state index >= 15 is 0 Å². The van der Waals surface area contributed by atoms with Gasteiger partial charge < -0.3 is 0 Å². The number of fused-ring (bicyclic) bond motifs is 2. The molecule has 0 radical (unpaired) electrons. The lowest BCUT2D eigenvalue weighted by Gasteiger charge is -2.34. The summed E-state index contributed by atoms with van der Waals surface area (Å²) in [7, 11) is 0. The van der Waals surface area contributed by atoms with Crippen LogP contribution in [0.2, 0.25) is 0 Å². The van der Waals surface area contributed by atoms with E-state index in [4.69, 9.17) is 0 Å². The molecule has 158 valence electrons. The van der Waals surface area contributed by atoms with Crippen LogP contribution in [-0.2, 0) is 9.59 Å². The molecule has 0 aliphatic carbocycles. The highest BCUT2D eigenvalue weighted by molar-refractivity contribution is 6.22. The molecule has 2 bridgehead atoms. The molecule has 8 nitrogen and oxygen atoms in total. The summed E-state index contributed by atoms with van der Waals surface area (Å²) in [4.78, 5) is 48.0. The van der Waals surface area contributed by atoms with Crippen molar-refractivity contribution in [3.63, 3.8) is 0 Å². The van der Waals surface area contributed by atoms with Crippen molar-refractivity contribution >= 4 is 34.2 Å². The SMILES string of the molecule is CC(C)(C)CC(=O)C1CN2CC3C(=O)N(c4cnc(C#N)c5ccccc45)C(=O)[N+]13C2. The van der Waals surface area contributed by atoms with E-state index in [9.17, 15) is 19.6 Å². The Morgan fingerprint density at radius 2 is 1.94 bits per heavy atom. The number of carbonyl (C=O) groups excluding carboxylic acids is 3. The number of ketones is 1. The second-order valence-corrected chi connectivity index (χ2v) is 9.95. The van der Waals surface area contributed by atoms with E-state index in [-0.39, 0.29) is 33.3 Å². The van der Waals surface area contributed by atoms with Crippen molar-refractivity contribution in [3.05, 3.63) is 36.2 Å². The van der Waals surface area contributed by atoms with Crippen LogP contribution in [0.25, 0.3) is 10.8 Å². The number of carbonyl (C=O) groups is 3. The maximum atomic E-state index is 13.9. The summed E-state index contributed by atoms with van der Waals surface area (Å²) >= 11 is 0. The van der Waals surface area contributed by atoms with Gasteiger partial charge in [0.2, 0.25) is 0 Å². The highest BCUT2D eigenvalue weighted by Gasteiger charge is 2.73. The number of piperazine rings is 1. The number of rotatable bonds is 3. The fraction of sp³-hybridized carbons (Fsp3) is 0.435. The maximum Gasteiger partial charge on any atom is 0.433 e. The lowest BCUT2D eigenvalue weighted by atomic mass is 9.86. The normalized spacial score (nSPS) is 29.5. The number of quaternary nitrogens is 1. The maximum absolute atomic E-state index is 13.9. The van der Waals surface area contributed by atoms with Crippen LogP contribution in [0.4, 0.5) is 10.5 Å². The number of nitrogens with zero attached hydrogens (tertiary/aromatic N) is 5. The molecule has 4 atom stereocenters. The number of nitriles is 1. The minimum absolute atomic E-state index is 0.0329. The van der Waals surface area contributed by atoms with E-state index in [1.54, 1.807) is 24.3 Å². The third-order valence-corrected chi connectivity index (χ3v) is 6.66. The van der Waals surface area contributed by atoms with Crippen LogP contribution in [0.15, 0.2) is 30.5 Å². The van der Waals surface area contributed by atoms with Gasteiger partial charge in [0.05, 0.1) is 25.0 Å². The van der Waals surface area contributed by atoms with Gasteiger partial charge in [0.1, 0.15) is 18.4 Å². The molecule has 4 unspecified atom stereocenters. The summed E-state index contributed by atoms with van der Waals surface area (Å²) in [5.74, 6) is -0.261. The van der Waals surface area contributed by atoms with Gasteiger partial charge in [-0.15, -0.1) is 0 Å². The molecule has 3 aliphatic heterocycles. The predicted octanol–water partition coefficient (Wildman–Crippen LogP) is 2.42. The largest absolute Gasteiger partial charge is 0.433 e. The number of amides is 3. The average molecular weight is 418 g/mol. The van der Waals surface area contributed by atoms with Crippen LogP contribution in [0.1, 0.15) is 32.9 Å². The number of hydrogen-bond donors (Lipinski definition) is 0. The number of Topliss-reactive ketones (excluding diaryl/α,β-unsaturated/α-hetero) is 1. The van der Waals surface area contributed by atoms with Gasteiger partial charge in [-0.25, -0.2) is 19.2 Å². The van der Waals surface area contributed by atoms with E-state index in [2.05, 4.69) is 16.0 Å². The second kappa shape index (κ2) is 6.42. The molecule has 0 N–H and O–H groups in total. The number of pyridine rings is 1. The summed E-state index contributed by atoms with van der Waals surface area (Å²) in [6.07, 6.45) is 1.79. The van der Waals surface area contributed by atoms with Gasteiger partial charge in [-0.3, -0.25) is 9.59 Å². The number of aromatic nitrogens is 1. The minimum Gasteiger partial charge on any atom is -0.293 e. The smallest absolute Gasteiger partial charge is 0.293 e. The lowest BCUT2D eigenvalue weighted by Crippen LogP contribution is -2.62. The molecule has 1 spiro atoms. The van der Waals surface area contributed by atoms with Gasteiger partial charge in [0, 0.05) is 17.2 Å². The van der Waals surface area contributed by atoms with E-state index in [0.29, 0.717) is 42.6 Å². The molecule has 1 aromatic heterocycles. The minimum atomic E-state index is -0.579. The van der Waals surface area contributed by atoms with E-state index in [0.717, 1.165) is 0 Å². The predicted molar refractivity (Wildman–Crippen MR) is 113 cm³/mol. The molecule has 4 heterocycles. The van der Waals surface area contributed by atoms with Gasteiger partial charge in [-0.1, -0.05) is 45.0 Å². The Balaban J connectivity index is 1.60. The third-order valence-electron chi connectivity index (χ3n) is 6.66. The fourth-order valence-electron chi connectivity index (χ4n) is 5.41. The van der Waals surface area contributed by atoms with E-state index < -0.39 is 12.1 Å². The highest BCUT2D eigenvalue weighted by atomic mass is 16.2. The van der Waals surface area contributed by atoms with Crippen molar-refractivity contribution in [2.24, 2.45) is 5.41 Å². The summed E-state index contributed by atoms with van der Waals surface area (Å²) in [6, 6.07) is 7.74. The summed E-state index contributed by atoms with van der Waals surface area (Å²) in [5.41, 5.74) is 0.437. The molecule has 3 fully saturated rings. The molecule has 3 aliphatic rings. The summed E-state index contributed by atoms with van der Waals surface area (Å²) < 4.78 is -0.137. The molecular weight excluding hydrogens is 394 g/mol. The molecule has 0 saturated carbocycles. The Labute approximate surface area is 180 Å². The number of benzene rings is 1. The third kappa shape index (κ3) is 2.67. The van der Waals surface area contributed by atoms with Crippen LogP contribution in [0.3, 0.4) is 0 Å². The summed E-state index contributed by atoms with van der Waals surface area (Å²) in [5, 5.41) is 10.6. The first-order valence-electron chi connectivity index (χ1n) is 10.5. The van der Waals surface area contributed by atoms with Crippen molar-refractivity contribution in [2.75, 3.05) is 24.7 Å². The number of urea groups is 1. The van der Waals surface area contributed by atoms with Gasteiger partial charge >= 0.3 is 6.03 Å². The highest BCUT2D eigenvalue weighted by Crippen LogP contribution is 2.45. The molecular formula is C23H24N5O3+. The van der Waals surface area contributed by atoms with Crippen LogP contribution < -0.4 is 4.90 Å². The number of hydrogen-bond acceptors (Lipinski definition) is 6. The second-order valence-electron chi connectivity index (χ2n) is 9.95. The average Bonchev–Trinajstić information content (AvgIpc) is 3.35. The number of imide groups is 1. The Morgan fingerprint density at radius 3 is 2.61 bits per heavy atom. The molecule has 8 heteroatoms. The lowest BCUT2D eigenvalue weighted by molar-refractivity contribution is -0.853. The molecule has 5 rings (SSSR count). The van der Waals surface area contributed by atoms with Crippen molar-refractivity contribution in [2.45, 2.75) is 39.3 Å². The van der Waals surface area contributed by atoms with Crippen LogP contribution >= 0.6 is 0 Å². The van der Waals surface area contributed by atoms with E-state index in [1.165, 1.54) is 11.1 Å². The van der Waals surface area contributed by atoms with Crippen LogP contribution in [0.5, 0.6) is 0 Å². The Bertz CT molecular complexity index is 1190. The summed E-state index contributed by atoms with van der Waals surface area (Å²) in [6.45, 7) is 7.37. The van der Waals surface area contributed by atoms with Crippen molar-refractivity contribution in [3.8, 4) is 6.07 Å². The standard InChI is InChI=1S/C23H24N5O3/c1-23(2,3)8-20(29)18-11-26-12-19-21(30)27(22(31)28(18,19)13-26)17-10-25-16(9-24)14-6-4-5-7-15(14)17/h4-7,10,18-19H,8,11-13H2,1-3H3/q+1. The zero-order valence-electron chi connectivity index (χ0n) is 17.8. The van der Waals surface area contributed by atoms with E-state index in [1.807, 2.05) is 20.8 Å². The van der Waals surface area contributed by atoms with Crippen LogP contribution in [-0.4, -0.2) is 63.9 Å². The van der Waals surface area contributed by atoms with Crippen LogP contribution in [0, 0.1) is 16.7 Å². The Hall–Kier alpha value is -3.15. The zero-order chi connectivity index (χ0) is 22.1. The quantitative estimate of drug-likeness (QED) is 0.561. The molecule has 3 saturated heterocycles. The fourth-order valence-corrected chi connectivity index (χ4v) is 5.41. The first-order valence-corrected chi connectivity index (χ1v) is 10.5. The Kier molecular flexibility index (Phi) is 4.10. The molecule has 1 aromatic carbocycles. The molecule has 2 aromatic rings. The molecule has 3 amide bonds. The van der Waals surface area contributed by atoms with Crippen molar-refractivity contribution in [1.82, 2.24) is 9.88 Å². The van der Waals surface area contributed by atoms with Gasteiger partial charge in [-0.05, 0) is 5.41 Å². The van der Waals surface area contributed by atoms with Gasteiger partial charge in [0.25, 0.3) is 5.91 Å². The topological polar surface area (TPSA) is 94.4 Å². The van der Waals surface area contributed by atoms with Crippen molar-refractivity contribution in [1.29, 1.82) is 5.26 Å². The van der Waals surface area contributed by atoms with Gasteiger partial charge in [-0.2, -0.15) is 10.2 Å². The Morgan fingerprint density at radius 1 is 1.23 bits per heavy atom. The first-order chi connectivity index (χ1) is 14.7. The molecule has 31 heavy (non-hydrogen) atoms. The first kappa shape index (κ1) is 19.8.